The van der Waals surface area contributed by atoms with E-state index >= 15 is 0 Å². The second-order valence-corrected chi connectivity index (χ2v) is 3.60. The van der Waals surface area contributed by atoms with Gasteiger partial charge in [0, 0.05) is 5.56 Å². The average Bonchev–Trinajstić information content (AvgIpc) is 2.10. The molecule has 0 heterocycles. The van der Waals surface area contributed by atoms with E-state index in [-0.39, 0.29) is 10.6 Å². The fraction of sp³-hybridized carbons (Fsp3) is 0.222. The minimum Gasteiger partial charge on any atom is -0.404 e. The Bertz CT molecular complexity index is 429. The maximum Gasteiger partial charge on any atom is 0.573 e. The van der Waals surface area contributed by atoms with Gasteiger partial charge in [-0.1, -0.05) is 23.2 Å². The Hall–Kier alpha value is -0.940. The third-order valence-electron chi connectivity index (χ3n) is 1.65. The predicted octanol–water partition coefficient (Wildman–Crippen LogP) is 4.09. The molecule has 0 amide bonds. The van der Waals surface area contributed by atoms with Gasteiger partial charge in [0.05, 0.1) is 5.02 Å². The first-order valence-corrected chi connectivity index (χ1v) is 4.72. The van der Waals surface area contributed by atoms with Crippen LogP contribution in [0.3, 0.4) is 0 Å². The molecule has 0 fully saturated rings. The van der Waals surface area contributed by atoms with Gasteiger partial charge in [0.25, 0.3) is 0 Å². The van der Waals surface area contributed by atoms with E-state index in [1.54, 1.807) is 0 Å². The summed E-state index contributed by atoms with van der Waals surface area (Å²) in [7, 11) is 0. The molecule has 0 bridgehead atoms. The second kappa shape index (κ2) is 4.51. The van der Waals surface area contributed by atoms with Gasteiger partial charge >= 0.3 is 6.36 Å². The first-order valence-electron chi connectivity index (χ1n) is 3.97. The predicted molar refractivity (Wildman–Crippen MR) is 53.1 cm³/mol. The standard InChI is InChI=1S/C9H5Cl2F3O2/c1-4(15)5-2-3-6(8(11)7(5)10)16-9(12,13)14/h2-3H,1H3. The lowest BCUT2D eigenvalue weighted by atomic mass is 10.1. The van der Waals surface area contributed by atoms with E-state index in [2.05, 4.69) is 4.74 Å². The fourth-order valence-electron chi connectivity index (χ4n) is 1.01. The average molecular weight is 273 g/mol. The van der Waals surface area contributed by atoms with E-state index in [9.17, 15) is 18.0 Å². The molecule has 0 spiro atoms. The molecule has 2 nitrogen and oxygen atoms in total. The Morgan fingerprint density at radius 1 is 1.25 bits per heavy atom. The summed E-state index contributed by atoms with van der Waals surface area (Å²) in [4.78, 5) is 11.0. The topological polar surface area (TPSA) is 26.3 Å². The van der Waals surface area contributed by atoms with E-state index in [0.29, 0.717) is 0 Å². The van der Waals surface area contributed by atoms with E-state index in [1.165, 1.54) is 6.92 Å². The maximum atomic E-state index is 11.9. The number of alkyl halides is 3. The molecule has 0 aliphatic heterocycles. The Kier molecular flexibility index (Phi) is 3.70. The van der Waals surface area contributed by atoms with Crippen molar-refractivity contribution in [2.45, 2.75) is 13.3 Å². The molecular formula is C9H5Cl2F3O2. The largest absolute Gasteiger partial charge is 0.573 e. The molecule has 0 unspecified atom stereocenters. The van der Waals surface area contributed by atoms with Crippen LogP contribution in [0, 0.1) is 0 Å². The summed E-state index contributed by atoms with van der Waals surface area (Å²) in [5.74, 6) is -1.03. The summed E-state index contributed by atoms with van der Waals surface area (Å²) < 4.78 is 39.4. The van der Waals surface area contributed by atoms with Crippen molar-refractivity contribution in [3.63, 3.8) is 0 Å². The number of halogens is 5. The minimum atomic E-state index is -4.86. The first-order chi connectivity index (χ1) is 7.22. The molecule has 1 aromatic rings. The number of carbonyl (C=O) groups excluding carboxylic acids is 1. The van der Waals surface area contributed by atoms with Crippen LogP contribution in [0.2, 0.25) is 10.0 Å². The summed E-state index contributed by atoms with van der Waals surface area (Å²) in [5.41, 5.74) is 0.0428. The lowest BCUT2D eigenvalue weighted by molar-refractivity contribution is -0.274. The number of benzene rings is 1. The van der Waals surface area contributed by atoms with Crippen LogP contribution < -0.4 is 4.74 Å². The third kappa shape index (κ3) is 3.02. The van der Waals surface area contributed by atoms with Crippen LogP contribution in [-0.4, -0.2) is 12.1 Å². The number of carbonyl (C=O) groups is 1. The molecule has 1 rings (SSSR count). The lowest BCUT2D eigenvalue weighted by Gasteiger charge is -2.12. The second-order valence-electron chi connectivity index (χ2n) is 2.84. The minimum absolute atomic E-state index is 0.0428. The highest BCUT2D eigenvalue weighted by Gasteiger charge is 2.32. The molecule has 16 heavy (non-hydrogen) atoms. The quantitative estimate of drug-likeness (QED) is 0.758. The van der Waals surface area contributed by atoms with E-state index in [4.69, 9.17) is 23.2 Å². The Balaban J connectivity index is 3.17. The normalized spacial score (nSPS) is 11.4. The zero-order valence-electron chi connectivity index (χ0n) is 7.86. The van der Waals surface area contributed by atoms with Gasteiger partial charge in [-0.3, -0.25) is 4.79 Å². The van der Waals surface area contributed by atoms with Crippen LogP contribution in [-0.2, 0) is 0 Å². The van der Waals surface area contributed by atoms with Crippen molar-refractivity contribution >= 4 is 29.0 Å². The zero-order chi connectivity index (χ0) is 12.5. The molecule has 1 aromatic carbocycles. The first kappa shape index (κ1) is 13.1. The van der Waals surface area contributed by atoms with Gasteiger partial charge in [0.2, 0.25) is 0 Å². The van der Waals surface area contributed by atoms with Crippen LogP contribution in [0.4, 0.5) is 13.2 Å². The number of hydrogen-bond acceptors (Lipinski definition) is 2. The molecule has 0 radical (unpaired) electrons. The van der Waals surface area contributed by atoms with Gasteiger partial charge in [0.1, 0.15) is 10.8 Å². The van der Waals surface area contributed by atoms with Gasteiger partial charge in [0.15, 0.2) is 5.78 Å². The molecule has 0 N–H and O–H groups in total. The Morgan fingerprint density at radius 2 is 1.81 bits per heavy atom. The highest BCUT2D eigenvalue weighted by molar-refractivity contribution is 6.44. The Labute approximate surface area is 98.9 Å². The van der Waals surface area contributed by atoms with Crippen molar-refractivity contribution in [2.24, 2.45) is 0 Å². The van der Waals surface area contributed by atoms with Gasteiger partial charge in [-0.25, -0.2) is 0 Å². The van der Waals surface area contributed by atoms with Crippen molar-refractivity contribution in [1.29, 1.82) is 0 Å². The number of rotatable bonds is 2. The molecule has 88 valence electrons. The number of ether oxygens (including phenoxy) is 1. The van der Waals surface area contributed by atoms with Crippen LogP contribution in [0.25, 0.3) is 0 Å². The molecule has 0 saturated carbocycles. The third-order valence-corrected chi connectivity index (χ3v) is 2.52. The molecular weight excluding hydrogens is 268 g/mol. The van der Waals surface area contributed by atoms with Crippen molar-refractivity contribution in [3.05, 3.63) is 27.7 Å². The zero-order valence-corrected chi connectivity index (χ0v) is 9.37. The molecule has 7 heteroatoms. The number of Topliss-reactive ketones (excluding diaryl/α,β-unsaturated/α-hetero) is 1. The summed E-state index contributed by atoms with van der Waals surface area (Å²) in [6.07, 6.45) is -4.86. The van der Waals surface area contributed by atoms with Gasteiger partial charge < -0.3 is 4.74 Å². The van der Waals surface area contributed by atoms with Crippen LogP contribution >= 0.6 is 23.2 Å². The molecule has 0 aliphatic carbocycles. The van der Waals surface area contributed by atoms with Gasteiger partial charge in [-0.05, 0) is 19.1 Å². The smallest absolute Gasteiger partial charge is 0.404 e. The van der Waals surface area contributed by atoms with E-state index in [1.807, 2.05) is 0 Å². The highest BCUT2D eigenvalue weighted by atomic mass is 35.5. The summed E-state index contributed by atoms with van der Waals surface area (Å²) in [5, 5.41) is -0.692. The molecule has 0 atom stereocenters. The summed E-state index contributed by atoms with van der Waals surface area (Å²) in [6, 6.07) is 2.07. The van der Waals surface area contributed by atoms with Gasteiger partial charge in [-0.15, -0.1) is 13.2 Å². The monoisotopic (exact) mass is 272 g/mol. The maximum absolute atomic E-state index is 11.9. The summed E-state index contributed by atoms with van der Waals surface area (Å²) in [6.45, 7) is 1.22. The lowest BCUT2D eigenvalue weighted by Crippen LogP contribution is -2.17. The Morgan fingerprint density at radius 3 is 2.25 bits per heavy atom. The van der Waals surface area contributed by atoms with Gasteiger partial charge in [-0.2, -0.15) is 0 Å². The number of hydrogen-bond donors (Lipinski definition) is 0. The van der Waals surface area contributed by atoms with Crippen molar-refractivity contribution in [1.82, 2.24) is 0 Å². The summed E-state index contributed by atoms with van der Waals surface area (Å²) >= 11 is 11.2. The van der Waals surface area contributed by atoms with Crippen LogP contribution in [0.15, 0.2) is 12.1 Å². The van der Waals surface area contributed by atoms with Crippen LogP contribution in [0.5, 0.6) is 5.75 Å². The molecule has 0 saturated heterocycles. The van der Waals surface area contributed by atoms with E-state index < -0.39 is 22.9 Å². The van der Waals surface area contributed by atoms with E-state index in [0.717, 1.165) is 12.1 Å². The SMILES string of the molecule is CC(=O)c1ccc(OC(F)(F)F)c(Cl)c1Cl. The fourth-order valence-corrected chi connectivity index (χ4v) is 1.50. The van der Waals surface area contributed by atoms with Crippen LogP contribution in [0.1, 0.15) is 17.3 Å². The highest BCUT2D eigenvalue weighted by Crippen LogP contribution is 2.37. The van der Waals surface area contributed by atoms with Crippen molar-refractivity contribution in [3.8, 4) is 5.75 Å². The molecule has 0 aromatic heterocycles. The van der Waals surface area contributed by atoms with Crippen molar-refractivity contribution in [2.75, 3.05) is 0 Å². The molecule has 0 aliphatic rings. The van der Waals surface area contributed by atoms with Crippen molar-refractivity contribution < 1.29 is 22.7 Å². The number of ketones is 1.